The predicted octanol–water partition coefficient (Wildman–Crippen LogP) is 2.64. The molecule has 0 aromatic rings. The second-order valence-corrected chi connectivity index (χ2v) is 6.37. The highest BCUT2D eigenvalue weighted by Gasteiger charge is 2.38. The molecule has 0 aromatic heterocycles. The fourth-order valence-electron chi connectivity index (χ4n) is 3.63. The SMILES string of the molecule is CNCC1CCC(C)(C)N(C2CCCC2)C1. The Bertz CT molecular complexity index is 219. The Hall–Kier alpha value is -0.0800. The van der Waals surface area contributed by atoms with Crippen LogP contribution in [0.1, 0.15) is 52.4 Å². The average molecular weight is 224 g/mol. The second kappa shape index (κ2) is 5.05. The molecule has 2 fully saturated rings. The first-order valence-corrected chi connectivity index (χ1v) is 7.05. The first kappa shape index (κ1) is 12.4. The summed E-state index contributed by atoms with van der Waals surface area (Å²) in [6, 6.07) is 0.884. The van der Waals surface area contributed by atoms with Crippen LogP contribution >= 0.6 is 0 Å². The molecule has 1 aliphatic heterocycles. The molecule has 1 N–H and O–H groups in total. The van der Waals surface area contributed by atoms with Gasteiger partial charge in [0.2, 0.25) is 0 Å². The molecule has 2 heteroatoms. The number of rotatable bonds is 3. The molecule has 1 aliphatic carbocycles. The summed E-state index contributed by atoms with van der Waals surface area (Å²) in [6.07, 6.45) is 8.56. The maximum absolute atomic E-state index is 3.35. The molecule has 0 bridgehead atoms. The molecular formula is C14H28N2. The van der Waals surface area contributed by atoms with Gasteiger partial charge in [-0.3, -0.25) is 4.90 Å². The Kier molecular flexibility index (Phi) is 3.91. The Balaban J connectivity index is 1.99. The van der Waals surface area contributed by atoms with Gasteiger partial charge in [0, 0.05) is 18.1 Å². The Morgan fingerprint density at radius 2 is 1.88 bits per heavy atom. The van der Waals surface area contributed by atoms with Gasteiger partial charge in [0.1, 0.15) is 0 Å². The van der Waals surface area contributed by atoms with Crippen LogP contribution in [0, 0.1) is 5.92 Å². The van der Waals surface area contributed by atoms with E-state index in [0.29, 0.717) is 5.54 Å². The zero-order valence-electron chi connectivity index (χ0n) is 11.3. The van der Waals surface area contributed by atoms with Crippen LogP contribution in [0.5, 0.6) is 0 Å². The molecule has 1 unspecified atom stereocenters. The fourth-order valence-corrected chi connectivity index (χ4v) is 3.63. The number of nitrogens with one attached hydrogen (secondary N) is 1. The molecule has 0 spiro atoms. The number of nitrogens with zero attached hydrogens (tertiary/aromatic N) is 1. The minimum absolute atomic E-state index is 0.444. The summed E-state index contributed by atoms with van der Waals surface area (Å²) in [5.41, 5.74) is 0.444. The normalized spacial score (nSPS) is 32.1. The smallest absolute Gasteiger partial charge is 0.0156 e. The van der Waals surface area contributed by atoms with E-state index in [4.69, 9.17) is 0 Å². The lowest BCUT2D eigenvalue weighted by molar-refractivity contribution is 0.00937. The van der Waals surface area contributed by atoms with E-state index in [9.17, 15) is 0 Å². The van der Waals surface area contributed by atoms with Crippen molar-refractivity contribution in [2.24, 2.45) is 5.92 Å². The van der Waals surface area contributed by atoms with E-state index in [1.807, 2.05) is 0 Å². The summed E-state index contributed by atoms with van der Waals surface area (Å²) in [4.78, 5) is 2.82. The molecule has 1 saturated heterocycles. The monoisotopic (exact) mass is 224 g/mol. The summed E-state index contributed by atoms with van der Waals surface area (Å²) in [6.45, 7) is 7.40. The standard InChI is InChI=1S/C14H28N2/c1-14(2)9-8-12(10-15-3)11-16(14)13-6-4-5-7-13/h12-13,15H,4-11H2,1-3H3. The van der Waals surface area contributed by atoms with Gasteiger partial charge >= 0.3 is 0 Å². The lowest BCUT2D eigenvalue weighted by Crippen LogP contribution is -2.55. The second-order valence-electron chi connectivity index (χ2n) is 6.37. The third kappa shape index (κ3) is 2.60. The highest BCUT2D eigenvalue weighted by atomic mass is 15.2. The summed E-state index contributed by atoms with van der Waals surface area (Å²) in [7, 11) is 2.08. The largest absolute Gasteiger partial charge is 0.319 e. The van der Waals surface area contributed by atoms with Crippen LogP contribution in [-0.4, -0.2) is 36.6 Å². The van der Waals surface area contributed by atoms with E-state index in [2.05, 4.69) is 31.1 Å². The maximum Gasteiger partial charge on any atom is 0.0156 e. The summed E-state index contributed by atoms with van der Waals surface area (Å²) >= 11 is 0. The lowest BCUT2D eigenvalue weighted by atomic mass is 9.83. The molecule has 1 heterocycles. The van der Waals surface area contributed by atoms with Crippen LogP contribution < -0.4 is 5.32 Å². The van der Waals surface area contributed by atoms with Gasteiger partial charge in [0.15, 0.2) is 0 Å². The zero-order valence-corrected chi connectivity index (χ0v) is 11.3. The van der Waals surface area contributed by atoms with Crippen LogP contribution in [0.4, 0.5) is 0 Å². The molecule has 2 aliphatic rings. The van der Waals surface area contributed by atoms with E-state index >= 15 is 0 Å². The minimum atomic E-state index is 0.444. The molecule has 2 rings (SSSR count). The quantitative estimate of drug-likeness (QED) is 0.793. The minimum Gasteiger partial charge on any atom is -0.319 e. The van der Waals surface area contributed by atoms with Gasteiger partial charge in [0.05, 0.1) is 0 Å². The molecule has 0 aromatic carbocycles. The molecule has 0 amide bonds. The highest BCUT2D eigenvalue weighted by molar-refractivity contribution is 4.94. The Labute approximate surface area is 101 Å². The van der Waals surface area contributed by atoms with Crippen molar-refractivity contribution in [2.45, 2.75) is 64.0 Å². The topological polar surface area (TPSA) is 15.3 Å². The number of piperidine rings is 1. The molecule has 1 saturated carbocycles. The van der Waals surface area contributed by atoms with Crippen molar-refractivity contribution in [1.29, 1.82) is 0 Å². The molecule has 1 atom stereocenters. The van der Waals surface area contributed by atoms with Crippen LogP contribution in [-0.2, 0) is 0 Å². The fraction of sp³-hybridized carbons (Fsp3) is 1.00. The van der Waals surface area contributed by atoms with Crippen molar-refractivity contribution in [3.05, 3.63) is 0 Å². The predicted molar refractivity (Wildman–Crippen MR) is 69.7 cm³/mol. The molecule has 2 nitrogen and oxygen atoms in total. The molecular weight excluding hydrogens is 196 g/mol. The van der Waals surface area contributed by atoms with Crippen molar-refractivity contribution < 1.29 is 0 Å². The third-order valence-electron chi connectivity index (χ3n) is 4.66. The number of likely N-dealkylation sites (tertiary alicyclic amines) is 1. The third-order valence-corrected chi connectivity index (χ3v) is 4.66. The number of hydrogen-bond acceptors (Lipinski definition) is 2. The van der Waals surface area contributed by atoms with Gasteiger partial charge in [-0.05, 0) is 59.0 Å². The van der Waals surface area contributed by atoms with Gasteiger partial charge in [0.25, 0.3) is 0 Å². The molecule has 0 radical (unpaired) electrons. The highest BCUT2D eigenvalue weighted by Crippen LogP contribution is 2.36. The van der Waals surface area contributed by atoms with E-state index in [-0.39, 0.29) is 0 Å². The van der Waals surface area contributed by atoms with Gasteiger partial charge in [-0.25, -0.2) is 0 Å². The summed E-state index contributed by atoms with van der Waals surface area (Å²) in [5, 5.41) is 3.35. The van der Waals surface area contributed by atoms with Crippen molar-refractivity contribution >= 4 is 0 Å². The van der Waals surface area contributed by atoms with Crippen molar-refractivity contribution in [3.8, 4) is 0 Å². The van der Waals surface area contributed by atoms with Crippen LogP contribution in [0.15, 0.2) is 0 Å². The Morgan fingerprint density at radius 1 is 1.19 bits per heavy atom. The van der Waals surface area contributed by atoms with Crippen molar-refractivity contribution in [1.82, 2.24) is 10.2 Å². The van der Waals surface area contributed by atoms with E-state index < -0.39 is 0 Å². The van der Waals surface area contributed by atoms with E-state index in [1.165, 1.54) is 51.6 Å². The van der Waals surface area contributed by atoms with Crippen LogP contribution in [0.3, 0.4) is 0 Å². The lowest BCUT2D eigenvalue weighted by Gasteiger charge is -2.49. The molecule has 16 heavy (non-hydrogen) atoms. The summed E-state index contributed by atoms with van der Waals surface area (Å²) in [5.74, 6) is 0.874. The van der Waals surface area contributed by atoms with E-state index in [0.717, 1.165) is 12.0 Å². The molecule has 94 valence electrons. The summed E-state index contributed by atoms with van der Waals surface area (Å²) < 4.78 is 0. The van der Waals surface area contributed by atoms with Gasteiger partial charge < -0.3 is 5.32 Å². The zero-order chi connectivity index (χ0) is 11.6. The first-order chi connectivity index (χ1) is 7.63. The van der Waals surface area contributed by atoms with Crippen molar-refractivity contribution in [2.75, 3.05) is 20.1 Å². The first-order valence-electron chi connectivity index (χ1n) is 7.05. The van der Waals surface area contributed by atoms with Crippen molar-refractivity contribution in [3.63, 3.8) is 0 Å². The maximum atomic E-state index is 3.35. The van der Waals surface area contributed by atoms with Crippen LogP contribution in [0.25, 0.3) is 0 Å². The van der Waals surface area contributed by atoms with Gasteiger partial charge in [-0.2, -0.15) is 0 Å². The number of hydrogen-bond donors (Lipinski definition) is 1. The van der Waals surface area contributed by atoms with E-state index in [1.54, 1.807) is 0 Å². The Morgan fingerprint density at radius 3 is 2.50 bits per heavy atom. The average Bonchev–Trinajstić information content (AvgIpc) is 2.74. The van der Waals surface area contributed by atoms with Crippen LogP contribution in [0.2, 0.25) is 0 Å². The van der Waals surface area contributed by atoms with Gasteiger partial charge in [-0.1, -0.05) is 12.8 Å². The van der Waals surface area contributed by atoms with Gasteiger partial charge in [-0.15, -0.1) is 0 Å².